The average molecular weight is 448 g/mol. The van der Waals surface area contributed by atoms with Gasteiger partial charge in [0.15, 0.2) is 11.5 Å². The van der Waals surface area contributed by atoms with E-state index in [4.69, 9.17) is 0 Å². The van der Waals surface area contributed by atoms with Crippen LogP contribution in [0.4, 0.5) is 52.7 Å². The zero-order valence-electron chi connectivity index (χ0n) is 13.1. The lowest BCUT2D eigenvalue weighted by atomic mass is 9.89. The highest BCUT2D eigenvalue weighted by atomic mass is 19.4. The number of hydrogen-bond acceptors (Lipinski definition) is 3. The second-order valence-corrected chi connectivity index (χ2v) is 5.75. The molecule has 0 N–H and O–H groups in total. The van der Waals surface area contributed by atoms with Crippen LogP contribution in [0.5, 0.6) is 11.5 Å². The Balaban J connectivity index is 2.50. The van der Waals surface area contributed by atoms with Crippen molar-refractivity contribution in [2.75, 3.05) is 0 Å². The summed E-state index contributed by atoms with van der Waals surface area (Å²) in [6.45, 7) is 0. The second-order valence-electron chi connectivity index (χ2n) is 5.75. The predicted molar refractivity (Wildman–Crippen MR) is 65.5 cm³/mol. The van der Waals surface area contributed by atoms with Crippen molar-refractivity contribution in [2.45, 2.75) is 36.1 Å². The molecule has 3 nitrogen and oxygen atoms in total. The molecule has 0 aliphatic carbocycles. The molecule has 1 fully saturated rings. The molecule has 1 aromatic carbocycles. The summed E-state index contributed by atoms with van der Waals surface area (Å²) in [5, 5.41) is 0. The number of allylic oxidation sites excluding steroid dienone is 1. The maximum absolute atomic E-state index is 13.5. The molecule has 0 aromatic heterocycles. The number of benzene rings is 1. The first-order valence-electron chi connectivity index (χ1n) is 7.07. The lowest BCUT2D eigenvalue weighted by molar-refractivity contribution is -0.257. The van der Waals surface area contributed by atoms with Crippen molar-refractivity contribution >= 4 is 0 Å². The average Bonchev–Trinajstić information content (AvgIpc) is 3.14. The Morgan fingerprint density at radius 3 is 1.59 bits per heavy atom. The molecular weight excluding hydrogens is 444 g/mol. The molecule has 1 aromatic rings. The number of hydrogen-bond donors (Lipinski definition) is 0. The molecule has 0 radical (unpaired) electrons. The number of para-hydroxylation sites is 2. The fourth-order valence-electron chi connectivity index (χ4n) is 2.82. The van der Waals surface area contributed by atoms with Crippen molar-refractivity contribution in [3.05, 3.63) is 35.6 Å². The van der Waals surface area contributed by atoms with Crippen LogP contribution >= 0.6 is 0 Å². The molecule has 0 bridgehead atoms. The van der Waals surface area contributed by atoms with Crippen LogP contribution in [-0.4, -0.2) is 36.1 Å². The molecule has 1 saturated heterocycles. The van der Waals surface area contributed by atoms with Crippen LogP contribution in [0.3, 0.4) is 0 Å². The highest BCUT2D eigenvalue weighted by Crippen LogP contribution is 2.71. The van der Waals surface area contributed by atoms with Gasteiger partial charge in [0.05, 0.1) is 0 Å². The van der Waals surface area contributed by atoms with Gasteiger partial charge in [0, 0.05) is 0 Å². The Hall–Kier alpha value is -2.32. The highest BCUT2D eigenvalue weighted by Gasteiger charge is 2.99. The maximum atomic E-state index is 13.5. The molecule has 29 heavy (non-hydrogen) atoms. The topological polar surface area (TPSA) is 31.0 Å². The number of alkyl halides is 12. The molecule has 2 atom stereocenters. The van der Waals surface area contributed by atoms with Crippen molar-refractivity contribution in [3.8, 4) is 11.5 Å². The monoisotopic (exact) mass is 448 g/mol. The Labute approximate surface area is 151 Å². The SMILES string of the molecule is FC(F)(F)/C1=C(\C(F)(F)F)[C@@]2(C(F)(F)F)O[C@@]2(C(F)(F)F)Oc2ccccc2O1. The molecular formula is C14H4F12O3. The largest absolute Gasteiger partial charge is 0.459 e. The van der Waals surface area contributed by atoms with Gasteiger partial charge < -0.3 is 14.2 Å². The lowest BCUT2D eigenvalue weighted by Gasteiger charge is -2.31. The fourth-order valence-corrected chi connectivity index (χ4v) is 2.82. The van der Waals surface area contributed by atoms with Crippen LogP contribution in [0.25, 0.3) is 0 Å². The zero-order chi connectivity index (χ0) is 22.3. The minimum Gasteiger partial charge on any atom is -0.448 e. The van der Waals surface area contributed by atoms with Crippen LogP contribution in [0.2, 0.25) is 0 Å². The Bertz CT molecular complexity index is 862. The molecule has 2 aliphatic heterocycles. The maximum Gasteiger partial charge on any atom is 0.459 e. The first-order chi connectivity index (χ1) is 12.9. The van der Waals surface area contributed by atoms with Gasteiger partial charge in [0.1, 0.15) is 5.57 Å². The van der Waals surface area contributed by atoms with Gasteiger partial charge >= 0.3 is 30.5 Å². The summed E-state index contributed by atoms with van der Waals surface area (Å²) in [5.74, 6) is -11.2. The van der Waals surface area contributed by atoms with Crippen LogP contribution in [0.1, 0.15) is 0 Å². The van der Waals surface area contributed by atoms with Gasteiger partial charge in [0.25, 0.3) is 5.60 Å². The van der Waals surface area contributed by atoms with Gasteiger partial charge in [-0.05, 0) is 12.1 Å². The Kier molecular flexibility index (Phi) is 4.16. The standard InChI is InChI=1S/C14H4F12O3/c15-10(16,17)7-8(11(18,19)20)27-5-3-1-2-4-6(5)28-12(14(24,25)26)9(7,29-12)13(21,22)23/h1-4H/b8-7+/t9-,12+/m1/s1. The summed E-state index contributed by atoms with van der Waals surface area (Å²) >= 11 is 0. The van der Waals surface area contributed by atoms with Gasteiger partial charge in [-0.15, -0.1) is 0 Å². The second kappa shape index (κ2) is 5.64. The minimum atomic E-state index is -6.64. The van der Waals surface area contributed by atoms with E-state index in [1.165, 1.54) is 0 Å². The number of fused-ring (bicyclic) bond motifs is 2. The van der Waals surface area contributed by atoms with Crippen molar-refractivity contribution in [2.24, 2.45) is 0 Å². The summed E-state index contributed by atoms with van der Waals surface area (Å²) in [6, 6.07) is 2.63. The normalized spacial score (nSPS) is 30.3. The van der Waals surface area contributed by atoms with E-state index in [0.29, 0.717) is 12.1 Å². The molecule has 15 heteroatoms. The minimum absolute atomic E-state index is 0.470. The quantitative estimate of drug-likeness (QED) is 0.392. The summed E-state index contributed by atoms with van der Waals surface area (Å²) in [5.41, 5.74) is -9.34. The number of rotatable bonds is 0. The predicted octanol–water partition coefficient (Wildman–Crippen LogP) is 5.43. The number of epoxide rings is 1. The first kappa shape index (κ1) is 21.4. The fraction of sp³-hybridized carbons (Fsp3) is 0.429. The van der Waals surface area contributed by atoms with Crippen molar-refractivity contribution in [1.82, 2.24) is 0 Å². The summed E-state index contributed by atoms with van der Waals surface area (Å²) in [6.07, 6.45) is -25.9. The Morgan fingerprint density at radius 2 is 1.17 bits per heavy atom. The Morgan fingerprint density at radius 1 is 0.655 bits per heavy atom. The van der Waals surface area contributed by atoms with Crippen LogP contribution < -0.4 is 9.47 Å². The molecule has 0 saturated carbocycles. The zero-order valence-corrected chi connectivity index (χ0v) is 13.1. The molecule has 2 aliphatic rings. The van der Waals surface area contributed by atoms with E-state index in [-0.39, 0.29) is 0 Å². The van der Waals surface area contributed by atoms with E-state index >= 15 is 0 Å². The van der Waals surface area contributed by atoms with Crippen LogP contribution in [0, 0.1) is 0 Å². The van der Waals surface area contributed by atoms with Crippen LogP contribution in [-0.2, 0) is 4.74 Å². The summed E-state index contributed by atoms with van der Waals surface area (Å²) in [7, 11) is 0. The first-order valence-corrected chi connectivity index (χ1v) is 7.07. The van der Waals surface area contributed by atoms with Crippen molar-refractivity contribution in [1.29, 1.82) is 0 Å². The highest BCUT2D eigenvalue weighted by molar-refractivity contribution is 5.50. The third-order valence-corrected chi connectivity index (χ3v) is 3.93. The molecule has 3 rings (SSSR count). The van der Waals surface area contributed by atoms with Gasteiger partial charge in [-0.1, -0.05) is 12.1 Å². The lowest BCUT2D eigenvalue weighted by Crippen LogP contribution is -2.56. The van der Waals surface area contributed by atoms with Crippen molar-refractivity contribution < 1.29 is 66.9 Å². The van der Waals surface area contributed by atoms with E-state index in [2.05, 4.69) is 14.2 Å². The van der Waals surface area contributed by atoms with E-state index in [9.17, 15) is 52.7 Å². The van der Waals surface area contributed by atoms with Gasteiger partial charge in [-0.25, -0.2) is 0 Å². The molecule has 0 amide bonds. The molecule has 0 spiro atoms. The van der Waals surface area contributed by atoms with Gasteiger partial charge in [-0.3, -0.25) is 0 Å². The number of halogens is 12. The summed E-state index contributed by atoms with van der Waals surface area (Å²) in [4.78, 5) is 0. The van der Waals surface area contributed by atoms with Gasteiger partial charge in [-0.2, -0.15) is 52.7 Å². The van der Waals surface area contributed by atoms with Crippen molar-refractivity contribution in [3.63, 3.8) is 0 Å². The molecule has 162 valence electrons. The third-order valence-electron chi connectivity index (χ3n) is 3.93. The number of ether oxygens (including phenoxy) is 3. The summed E-state index contributed by atoms with van der Waals surface area (Å²) < 4.78 is 172. The van der Waals surface area contributed by atoms with E-state index in [1.54, 1.807) is 0 Å². The molecule has 2 heterocycles. The molecule has 0 unspecified atom stereocenters. The smallest absolute Gasteiger partial charge is 0.448 e. The third kappa shape index (κ3) is 2.88. The van der Waals surface area contributed by atoms with E-state index < -0.39 is 58.9 Å². The van der Waals surface area contributed by atoms with Crippen LogP contribution in [0.15, 0.2) is 35.6 Å². The van der Waals surface area contributed by atoms with Gasteiger partial charge in [0.2, 0.25) is 5.76 Å². The van der Waals surface area contributed by atoms with E-state index in [1.807, 2.05) is 0 Å². The van der Waals surface area contributed by atoms with E-state index in [0.717, 1.165) is 12.1 Å².